The predicted octanol–water partition coefficient (Wildman–Crippen LogP) is 15.9. The Morgan fingerprint density at radius 2 is 1.12 bits per heavy atom. The van der Waals surface area contributed by atoms with Gasteiger partial charge in [-0.05, 0) is 140 Å². The van der Waals surface area contributed by atoms with Gasteiger partial charge < -0.3 is 19.1 Å². The van der Waals surface area contributed by atoms with Gasteiger partial charge >= 0.3 is 0 Å². The van der Waals surface area contributed by atoms with Crippen LogP contribution in [0.3, 0.4) is 0 Å². The zero-order valence-corrected chi connectivity index (χ0v) is 43.3. The van der Waals surface area contributed by atoms with E-state index in [1.165, 1.54) is 86.8 Å². The van der Waals surface area contributed by atoms with Crippen molar-refractivity contribution < 1.29 is 4.74 Å². The number of aromatic nitrogens is 1. The Morgan fingerprint density at radius 3 is 1.74 bits per heavy atom. The maximum absolute atomic E-state index is 7.27. The smallest absolute Gasteiger partial charge is 0.268 e. The summed E-state index contributed by atoms with van der Waals surface area (Å²) in [5.74, 6) is 1.96. The molecule has 0 aliphatic carbocycles. The van der Waals surface area contributed by atoms with Crippen molar-refractivity contribution in [3.63, 3.8) is 0 Å². The van der Waals surface area contributed by atoms with E-state index < -0.39 is 0 Å². The average Bonchev–Trinajstić information content (AvgIpc) is 3.79. The van der Waals surface area contributed by atoms with Crippen LogP contribution in [0.5, 0.6) is 11.5 Å². The van der Waals surface area contributed by atoms with E-state index in [0.29, 0.717) is 0 Å². The number of fused-ring (bicyclic) bond motifs is 9. The minimum atomic E-state index is -0.0490. The molecule has 0 amide bonds. The van der Waals surface area contributed by atoms with Gasteiger partial charge in [-0.2, -0.15) is 0 Å². The van der Waals surface area contributed by atoms with Crippen molar-refractivity contribution in [1.29, 1.82) is 0 Å². The second-order valence-electron chi connectivity index (χ2n) is 23.7. The van der Waals surface area contributed by atoms with Gasteiger partial charge in [-0.25, -0.2) is 0 Å². The van der Waals surface area contributed by atoms with E-state index >= 15 is 0 Å². The highest BCUT2D eigenvalue weighted by molar-refractivity contribution is 7.33. The second-order valence-corrected chi connectivity index (χ2v) is 24.8. The lowest BCUT2D eigenvalue weighted by molar-refractivity contribution is 0.494. The van der Waals surface area contributed by atoms with Gasteiger partial charge in [-0.3, -0.25) is 0 Å². The highest BCUT2D eigenvalue weighted by Gasteiger charge is 2.45. The third-order valence-electron chi connectivity index (χ3n) is 14.7. The maximum Gasteiger partial charge on any atom is 0.268 e. The van der Waals surface area contributed by atoms with Crippen LogP contribution in [0, 0.1) is 6.92 Å². The molecule has 68 heavy (non-hydrogen) atoms. The molecule has 0 saturated carbocycles. The van der Waals surface area contributed by atoms with E-state index in [4.69, 9.17) is 4.74 Å². The third kappa shape index (κ3) is 7.08. The Hall–Kier alpha value is -6.24. The van der Waals surface area contributed by atoms with Crippen molar-refractivity contribution in [3.8, 4) is 11.5 Å². The molecule has 2 aromatic heterocycles. The Morgan fingerprint density at radius 1 is 0.544 bits per heavy atom. The molecule has 6 heteroatoms. The Balaban J connectivity index is 1.21. The molecule has 2 aliphatic rings. The van der Waals surface area contributed by atoms with Crippen LogP contribution in [0.1, 0.15) is 111 Å². The summed E-state index contributed by atoms with van der Waals surface area (Å²) in [4.78, 5) is 5.04. The summed E-state index contributed by atoms with van der Waals surface area (Å²) in [5, 5.41) is 3.66. The lowest BCUT2D eigenvalue weighted by Gasteiger charge is -2.40. The highest BCUT2D eigenvalue weighted by atomic mass is 32.1. The molecule has 0 bridgehead atoms. The third-order valence-corrected chi connectivity index (χ3v) is 15.9. The van der Waals surface area contributed by atoms with E-state index in [9.17, 15) is 0 Å². The van der Waals surface area contributed by atoms with Crippen molar-refractivity contribution in [2.45, 2.75) is 112 Å². The number of hydrogen-bond acceptors (Lipinski definition) is 4. The fourth-order valence-corrected chi connectivity index (χ4v) is 12.0. The van der Waals surface area contributed by atoms with Gasteiger partial charge in [0, 0.05) is 66.6 Å². The predicted molar refractivity (Wildman–Crippen MR) is 296 cm³/mol. The molecular formula is C62H64BN3OS. The van der Waals surface area contributed by atoms with Crippen LogP contribution in [-0.4, -0.2) is 11.3 Å². The summed E-state index contributed by atoms with van der Waals surface area (Å²) in [7, 11) is 2.23. The van der Waals surface area contributed by atoms with Crippen LogP contribution in [0.25, 0.3) is 31.9 Å². The van der Waals surface area contributed by atoms with Gasteiger partial charge in [-0.1, -0.05) is 144 Å². The molecule has 4 heterocycles. The zero-order chi connectivity index (χ0) is 48.0. The highest BCUT2D eigenvalue weighted by Crippen LogP contribution is 2.50. The van der Waals surface area contributed by atoms with Crippen LogP contribution in [0.15, 0.2) is 133 Å². The second kappa shape index (κ2) is 15.1. The number of thiophene rings is 1. The minimum absolute atomic E-state index is 0.00769. The van der Waals surface area contributed by atoms with Gasteiger partial charge in [0.05, 0.1) is 11.2 Å². The quantitative estimate of drug-likeness (QED) is 0.164. The summed E-state index contributed by atoms with van der Waals surface area (Å²) in [6, 6.07) is 51.3. The average molecular weight is 910 g/mol. The molecule has 7 aromatic carbocycles. The van der Waals surface area contributed by atoms with E-state index in [1.807, 2.05) is 11.3 Å². The number of ether oxygens (including phenoxy) is 1. The fourth-order valence-electron chi connectivity index (χ4n) is 10.8. The van der Waals surface area contributed by atoms with Crippen molar-refractivity contribution in [2.24, 2.45) is 7.05 Å². The van der Waals surface area contributed by atoms with Gasteiger partial charge in [0.25, 0.3) is 6.71 Å². The first-order valence-corrected chi connectivity index (χ1v) is 25.2. The van der Waals surface area contributed by atoms with Crippen LogP contribution in [0.4, 0.5) is 34.1 Å². The molecule has 4 nitrogen and oxygen atoms in total. The minimum Gasteiger partial charge on any atom is -0.457 e. The normalized spacial score (nSPS) is 13.8. The first kappa shape index (κ1) is 44.3. The summed E-state index contributed by atoms with van der Waals surface area (Å²) in [6.07, 6.45) is 0. The van der Waals surface area contributed by atoms with Gasteiger partial charge in [0.1, 0.15) is 11.5 Å². The first-order chi connectivity index (χ1) is 32.1. The van der Waals surface area contributed by atoms with Crippen molar-refractivity contribution in [1.82, 2.24) is 4.57 Å². The summed E-state index contributed by atoms with van der Waals surface area (Å²) in [6.45, 7) is 29.8. The Labute approximate surface area is 408 Å². The molecule has 9 aromatic rings. The van der Waals surface area contributed by atoms with Crippen molar-refractivity contribution in [2.75, 3.05) is 9.80 Å². The molecule has 2 aliphatic heterocycles. The van der Waals surface area contributed by atoms with Crippen LogP contribution < -0.4 is 30.2 Å². The molecular weight excluding hydrogens is 846 g/mol. The molecule has 0 unspecified atom stereocenters. The van der Waals surface area contributed by atoms with Gasteiger partial charge in [0.15, 0.2) is 0 Å². The van der Waals surface area contributed by atoms with E-state index in [2.05, 4.69) is 245 Å². The number of aryl methyl sites for hydroxylation is 2. The number of nitrogens with zero attached hydrogens (tertiary/aromatic N) is 3. The van der Waals surface area contributed by atoms with Gasteiger partial charge in [0.2, 0.25) is 0 Å². The number of anilines is 6. The Bertz CT molecular complexity index is 3430. The lowest BCUT2D eigenvalue weighted by atomic mass is 9.36. The zero-order valence-electron chi connectivity index (χ0n) is 42.4. The lowest BCUT2D eigenvalue weighted by Crippen LogP contribution is -2.58. The molecule has 342 valence electrons. The van der Waals surface area contributed by atoms with Crippen LogP contribution in [-0.2, 0) is 28.7 Å². The monoisotopic (exact) mass is 909 g/mol. The first-order valence-electron chi connectivity index (χ1n) is 24.4. The Kier molecular flexibility index (Phi) is 9.85. The van der Waals surface area contributed by atoms with Crippen LogP contribution >= 0.6 is 11.3 Å². The van der Waals surface area contributed by atoms with Crippen molar-refractivity contribution in [3.05, 3.63) is 161 Å². The summed E-state index contributed by atoms with van der Waals surface area (Å²) in [5.41, 5.74) is 18.2. The fraction of sp³-hybridized carbons (Fsp3) is 0.290. The van der Waals surface area contributed by atoms with E-state index in [0.717, 1.165) is 34.2 Å². The molecule has 11 rings (SSSR count). The summed E-state index contributed by atoms with van der Waals surface area (Å²) >= 11 is 1.90. The largest absolute Gasteiger partial charge is 0.457 e. The molecule has 0 spiro atoms. The SMILES string of the molecule is Cc1cc2c3c(c1)N(c1cc(N(c4ccc(C(C)(C)C)cc4)c4ccc(C(C)(C)C)cc4)c4c(c1)c1ccccc1n4C)c1ccc(C(C)(C)C)cc1B3c1sc3ccc(C(C)(C)C)cc3c1O2. The summed E-state index contributed by atoms with van der Waals surface area (Å²) < 4.78 is 12.2. The van der Waals surface area contributed by atoms with Gasteiger partial charge in [-0.15, -0.1) is 11.3 Å². The maximum atomic E-state index is 7.27. The number of para-hydroxylation sites is 1. The number of benzene rings is 7. The van der Waals surface area contributed by atoms with Crippen molar-refractivity contribution >= 4 is 99.8 Å². The van der Waals surface area contributed by atoms with E-state index in [-0.39, 0.29) is 28.4 Å². The van der Waals surface area contributed by atoms with Crippen LogP contribution in [0.2, 0.25) is 0 Å². The standard InChI is InChI=1S/C62H64BN3OS/c1-37-31-51-55-53(32-37)67-57-47-33-40(61(8,9)10)24-30-54(47)68-58(57)63(55)48-34-41(62(11,12)13)23-29-50(48)66(51)44-35-46-45-17-15-16-18-49(45)64(14)56(46)52(36-44)65(42-25-19-38(20-26-42)59(2,3)4)43-27-21-39(22-28-43)60(5,6)7/h15-36H,1-14H3. The topological polar surface area (TPSA) is 20.6 Å². The molecule has 0 saturated heterocycles. The molecule has 0 fully saturated rings. The number of rotatable bonds is 4. The number of hydrogen-bond donors (Lipinski definition) is 0. The molecule has 0 radical (unpaired) electrons. The van der Waals surface area contributed by atoms with E-state index in [1.54, 1.807) is 0 Å². The molecule has 0 atom stereocenters. The molecule has 0 N–H and O–H groups in total.